The summed E-state index contributed by atoms with van der Waals surface area (Å²) in [7, 11) is 1.79. The Kier molecular flexibility index (Phi) is 6.39. The fourth-order valence-corrected chi connectivity index (χ4v) is 1.74. The van der Waals surface area contributed by atoms with E-state index in [9.17, 15) is 4.79 Å². The average molecular weight is 250 g/mol. The van der Waals surface area contributed by atoms with Crippen LogP contribution >= 0.6 is 0 Å². The molecule has 0 aliphatic rings. The summed E-state index contributed by atoms with van der Waals surface area (Å²) in [6.07, 6.45) is 0.705. The van der Waals surface area contributed by atoms with Gasteiger partial charge in [-0.15, -0.1) is 0 Å². The molecule has 0 spiro atoms. The van der Waals surface area contributed by atoms with Crippen LogP contribution in [0.5, 0.6) is 0 Å². The Morgan fingerprint density at radius 1 is 1.28 bits per heavy atom. The summed E-state index contributed by atoms with van der Waals surface area (Å²) < 4.78 is 0. The highest BCUT2D eigenvalue weighted by Gasteiger charge is 2.14. The molecule has 0 heterocycles. The molecule has 1 aromatic rings. The van der Waals surface area contributed by atoms with Crippen LogP contribution < -0.4 is 4.90 Å². The highest BCUT2D eigenvalue weighted by atomic mass is 16.3. The lowest BCUT2D eigenvalue weighted by Gasteiger charge is -2.23. The van der Waals surface area contributed by atoms with E-state index >= 15 is 0 Å². The highest BCUT2D eigenvalue weighted by Crippen LogP contribution is 2.11. The van der Waals surface area contributed by atoms with E-state index in [4.69, 9.17) is 5.11 Å². The highest BCUT2D eigenvalue weighted by molar-refractivity contribution is 5.94. The molecular formula is C14H22N2O2. The first-order valence-electron chi connectivity index (χ1n) is 6.33. The van der Waals surface area contributed by atoms with Crippen molar-refractivity contribution in [1.82, 2.24) is 4.90 Å². The second kappa shape index (κ2) is 7.84. The number of aliphatic hydroxyl groups excluding tert-OH is 1. The van der Waals surface area contributed by atoms with E-state index in [1.54, 1.807) is 11.9 Å². The zero-order valence-corrected chi connectivity index (χ0v) is 11.2. The third-order valence-electron chi connectivity index (χ3n) is 2.96. The van der Waals surface area contributed by atoms with Crippen molar-refractivity contribution < 1.29 is 9.90 Å². The molecule has 0 aliphatic carbocycles. The van der Waals surface area contributed by atoms with Crippen molar-refractivity contribution in [2.45, 2.75) is 13.3 Å². The molecule has 0 atom stereocenters. The van der Waals surface area contributed by atoms with Gasteiger partial charge in [-0.1, -0.05) is 25.1 Å². The van der Waals surface area contributed by atoms with Gasteiger partial charge in [0.1, 0.15) is 0 Å². The Bertz CT molecular complexity index is 354. The van der Waals surface area contributed by atoms with E-state index in [2.05, 4.69) is 0 Å². The number of carbonyl (C=O) groups is 1. The minimum absolute atomic E-state index is 0.0704. The number of carbonyl (C=O) groups excluding carboxylic acids is 1. The molecule has 1 N–H and O–H groups in total. The minimum atomic E-state index is 0.0704. The first-order valence-corrected chi connectivity index (χ1v) is 6.33. The summed E-state index contributed by atoms with van der Waals surface area (Å²) in [6, 6.07) is 9.61. The second-order valence-electron chi connectivity index (χ2n) is 4.23. The average Bonchev–Trinajstić information content (AvgIpc) is 2.43. The Balaban J connectivity index is 2.53. The van der Waals surface area contributed by atoms with E-state index in [-0.39, 0.29) is 12.5 Å². The number of aliphatic hydroxyl groups is 1. The van der Waals surface area contributed by atoms with Crippen molar-refractivity contribution in [2.24, 2.45) is 0 Å². The maximum absolute atomic E-state index is 12.1. The number of para-hydroxylation sites is 1. The fraction of sp³-hybridized carbons (Fsp3) is 0.500. The Morgan fingerprint density at radius 2 is 1.94 bits per heavy atom. The van der Waals surface area contributed by atoms with Crippen LogP contribution in [0, 0.1) is 0 Å². The van der Waals surface area contributed by atoms with Crippen molar-refractivity contribution in [3.63, 3.8) is 0 Å². The van der Waals surface area contributed by atoms with E-state index in [0.29, 0.717) is 13.0 Å². The van der Waals surface area contributed by atoms with Crippen molar-refractivity contribution >= 4 is 11.6 Å². The van der Waals surface area contributed by atoms with Crippen molar-refractivity contribution in [1.29, 1.82) is 0 Å². The van der Waals surface area contributed by atoms with Gasteiger partial charge in [0.05, 0.1) is 6.54 Å². The quantitative estimate of drug-likeness (QED) is 0.794. The van der Waals surface area contributed by atoms with Crippen LogP contribution in [0.3, 0.4) is 0 Å². The number of hydrogen-bond donors (Lipinski definition) is 1. The lowest BCUT2D eigenvalue weighted by molar-refractivity contribution is -0.119. The van der Waals surface area contributed by atoms with Crippen molar-refractivity contribution in [2.75, 3.05) is 38.2 Å². The van der Waals surface area contributed by atoms with Crippen LogP contribution in [0.1, 0.15) is 13.3 Å². The number of anilines is 1. The molecule has 0 aromatic heterocycles. The Hall–Kier alpha value is -1.39. The summed E-state index contributed by atoms with van der Waals surface area (Å²) in [5, 5.41) is 8.81. The summed E-state index contributed by atoms with van der Waals surface area (Å²) in [4.78, 5) is 15.8. The van der Waals surface area contributed by atoms with Gasteiger partial charge in [0, 0.05) is 25.9 Å². The van der Waals surface area contributed by atoms with Gasteiger partial charge in [0.25, 0.3) is 0 Å². The first-order chi connectivity index (χ1) is 8.69. The lowest BCUT2D eigenvalue weighted by atomic mass is 10.3. The Labute approximate surface area is 109 Å². The monoisotopic (exact) mass is 250 g/mol. The van der Waals surface area contributed by atoms with Gasteiger partial charge in [-0.25, -0.2) is 0 Å². The number of nitrogens with zero attached hydrogens (tertiary/aromatic N) is 2. The third-order valence-corrected chi connectivity index (χ3v) is 2.96. The molecule has 1 aromatic carbocycles. The van der Waals surface area contributed by atoms with Gasteiger partial charge in [-0.2, -0.15) is 0 Å². The normalized spacial score (nSPS) is 10.7. The van der Waals surface area contributed by atoms with Gasteiger partial charge in [-0.05, 0) is 25.1 Å². The molecule has 1 amide bonds. The summed E-state index contributed by atoms with van der Waals surface area (Å²) in [6.45, 7) is 4.14. The molecular weight excluding hydrogens is 228 g/mol. The standard InChI is InChI=1S/C14H22N2O2/c1-3-16(10-7-11-17)12-14(18)15(2)13-8-5-4-6-9-13/h4-6,8-9,17H,3,7,10-12H2,1-2H3. The van der Waals surface area contributed by atoms with Gasteiger partial charge in [-0.3, -0.25) is 9.69 Å². The predicted molar refractivity (Wildman–Crippen MR) is 73.7 cm³/mol. The van der Waals surface area contributed by atoms with Gasteiger partial charge >= 0.3 is 0 Å². The van der Waals surface area contributed by atoms with Crippen molar-refractivity contribution in [3.05, 3.63) is 30.3 Å². The molecule has 0 saturated carbocycles. The topological polar surface area (TPSA) is 43.8 Å². The number of likely N-dealkylation sites (N-methyl/N-ethyl adjacent to an activating group) is 2. The van der Waals surface area contributed by atoms with Crippen molar-refractivity contribution in [3.8, 4) is 0 Å². The SMILES string of the molecule is CCN(CCCO)CC(=O)N(C)c1ccccc1. The molecule has 0 bridgehead atoms. The van der Waals surface area contributed by atoms with Gasteiger partial charge < -0.3 is 10.0 Å². The van der Waals surface area contributed by atoms with Crippen LogP contribution in [0.15, 0.2) is 30.3 Å². The van der Waals surface area contributed by atoms with E-state index in [0.717, 1.165) is 18.8 Å². The smallest absolute Gasteiger partial charge is 0.240 e. The van der Waals surface area contributed by atoms with Crippen LogP contribution in [-0.2, 0) is 4.79 Å². The van der Waals surface area contributed by atoms with E-state index < -0.39 is 0 Å². The second-order valence-corrected chi connectivity index (χ2v) is 4.23. The van der Waals surface area contributed by atoms with E-state index in [1.807, 2.05) is 42.2 Å². The number of rotatable bonds is 7. The number of amides is 1. The molecule has 100 valence electrons. The minimum Gasteiger partial charge on any atom is -0.396 e. The molecule has 0 radical (unpaired) electrons. The summed E-state index contributed by atoms with van der Waals surface area (Å²) >= 11 is 0. The molecule has 0 aliphatic heterocycles. The first kappa shape index (κ1) is 14.7. The molecule has 18 heavy (non-hydrogen) atoms. The van der Waals surface area contributed by atoms with Gasteiger partial charge in [0.15, 0.2) is 0 Å². The maximum Gasteiger partial charge on any atom is 0.240 e. The zero-order valence-electron chi connectivity index (χ0n) is 11.2. The third kappa shape index (κ3) is 4.47. The summed E-state index contributed by atoms with van der Waals surface area (Å²) in [5.41, 5.74) is 0.903. The summed E-state index contributed by atoms with van der Waals surface area (Å²) in [5.74, 6) is 0.0704. The van der Waals surface area contributed by atoms with Crippen LogP contribution in [-0.4, -0.2) is 49.2 Å². The molecule has 4 nitrogen and oxygen atoms in total. The van der Waals surface area contributed by atoms with E-state index in [1.165, 1.54) is 0 Å². The maximum atomic E-state index is 12.1. The van der Waals surface area contributed by atoms with Gasteiger partial charge in [0.2, 0.25) is 5.91 Å². The largest absolute Gasteiger partial charge is 0.396 e. The predicted octanol–water partition coefficient (Wildman–Crippen LogP) is 1.35. The number of hydrogen-bond acceptors (Lipinski definition) is 3. The number of benzene rings is 1. The molecule has 0 fully saturated rings. The molecule has 1 rings (SSSR count). The fourth-order valence-electron chi connectivity index (χ4n) is 1.74. The Morgan fingerprint density at radius 3 is 2.50 bits per heavy atom. The van der Waals surface area contributed by atoms with Crippen LogP contribution in [0.25, 0.3) is 0 Å². The zero-order chi connectivity index (χ0) is 13.4. The molecule has 0 saturated heterocycles. The molecule has 4 heteroatoms. The lowest BCUT2D eigenvalue weighted by Crippen LogP contribution is -2.39. The molecule has 0 unspecified atom stereocenters. The van der Waals surface area contributed by atoms with Crippen LogP contribution in [0.4, 0.5) is 5.69 Å². The van der Waals surface area contributed by atoms with Crippen LogP contribution in [0.2, 0.25) is 0 Å².